The van der Waals surface area contributed by atoms with Crippen LogP contribution in [-0.2, 0) is 25.7 Å². The second-order valence-corrected chi connectivity index (χ2v) is 6.74. The molecular weight excluding hydrogens is 378 g/mol. The predicted octanol–water partition coefficient (Wildman–Crippen LogP) is 0.0853. The highest BCUT2D eigenvalue weighted by molar-refractivity contribution is 5.98. The fraction of sp³-hybridized carbons (Fsp3) is 0.474. The van der Waals surface area contributed by atoms with Crippen molar-refractivity contribution in [3.63, 3.8) is 0 Å². The second-order valence-electron chi connectivity index (χ2n) is 6.74. The van der Waals surface area contributed by atoms with E-state index in [0.717, 1.165) is 5.56 Å². The molecule has 6 N–H and O–H groups in total. The summed E-state index contributed by atoms with van der Waals surface area (Å²) in [5.74, 6) is -1.51. The van der Waals surface area contributed by atoms with Crippen LogP contribution in [0.3, 0.4) is 0 Å². The molecule has 0 unspecified atom stereocenters. The van der Waals surface area contributed by atoms with Gasteiger partial charge in [0, 0.05) is 12.7 Å². The Morgan fingerprint density at radius 1 is 1.00 bits per heavy atom. The third-order valence-electron chi connectivity index (χ3n) is 4.00. The van der Waals surface area contributed by atoms with Gasteiger partial charge in [0.05, 0.1) is 6.54 Å². The van der Waals surface area contributed by atoms with Crippen LogP contribution in [0.5, 0.6) is 0 Å². The topological polar surface area (TPSA) is 152 Å². The van der Waals surface area contributed by atoms with Crippen molar-refractivity contribution in [2.75, 3.05) is 18.9 Å². The third-order valence-corrected chi connectivity index (χ3v) is 4.00. The summed E-state index contributed by atoms with van der Waals surface area (Å²) in [7, 11) is 1.47. The smallest absolute Gasteiger partial charge is 0.407 e. The average Bonchev–Trinajstić information content (AvgIpc) is 2.70. The minimum Gasteiger partial charge on any atom is -0.445 e. The highest BCUT2D eigenvalue weighted by Gasteiger charge is 2.26. The molecule has 0 saturated heterocycles. The summed E-state index contributed by atoms with van der Waals surface area (Å²) in [5, 5.41) is 10.2. The van der Waals surface area contributed by atoms with E-state index in [-0.39, 0.29) is 19.1 Å². The van der Waals surface area contributed by atoms with Crippen molar-refractivity contribution in [2.24, 2.45) is 11.7 Å². The average molecular weight is 407 g/mol. The number of nitrogens with two attached hydrogens (primary N) is 1. The molecule has 2 atom stereocenters. The fourth-order valence-electron chi connectivity index (χ4n) is 2.29. The van der Waals surface area contributed by atoms with E-state index in [0.29, 0.717) is 5.69 Å². The number of alkyl carbamates (subject to hydrolysis) is 1. The van der Waals surface area contributed by atoms with Gasteiger partial charge in [-0.3, -0.25) is 14.4 Å². The van der Waals surface area contributed by atoms with E-state index in [4.69, 9.17) is 10.5 Å². The lowest BCUT2D eigenvalue weighted by atomic mass is 10.0. The highest BCUT2D eigenvalue weighted by Crippen LogP contribution is 2.11. The van der Waals surface area contributed by atoms with E-state index in [1.165, 1.54) is 7.05 Å². The van der Waals surface area contributed by atoms with Crippen LogP contribution < -0.4 is 27.0 Å². The van der Waals surface area contributed by atoms with E-state index < -0.39 is 35.9 Å². The summed E-state index contributed by atoms with van der Waals surface area (Å²) in [6.07, 6.45) is -0.533. The van der Waals surface area contributed by atoms with E-state index in [9.17, 15) is 19.2 Å². The molecule has 0 fully saturated rings. The van der Waals surface area contributed by atoms with Gasteiger partial charge in [0.25, 0.3) is 0 Å². The third kappa shape index (κ3) is 8.18. The molecule has 0 aliphatic carbocycles. The molecule has 1 aromatic rings. The molecule has 0 aliphatic rings. The number of ether oxygens (including phenoxy) is 1. The summed E-state index contributed by atoms with van der Waals surface area (Å²) in [5.41, 5.74) is 6.55. The van der Waals surface area contributed by atoms with Crippen LogP contribution in [0.15, 0.2) is 24.3 Å². The molecular formula is C19H29N5O5. The van der Waals surface area contributed by atoms with Crippen molar-refractivity contribution >= 4 is 29.5 Å². The molecule has 29 heavy (non-hydrogen) atoms. The number of benzene rings is 1. The molecule has 1 rings (SSSR count). The number of hydrogen-bond donors (Lipinski definition) is 5. The molecule has 0 spiro atoms. The van der Waals surface area contributed by atoms with Gasteiger partial charge in [-0.25, -0.2) is 4.79 Å². The van der Waals surface area contributed by atoms with Gasteiger partial charge in [-0.2, -0.15) is 0 Å². The number of anilines is 1. The van der Waals surface area contributed by atoms with Crippen LogP contribution in [-0.4, -0.2) is 49.5 Å². The zero-order chi connectivity index (χ0) is 22.0. The van der Waals surface area contributed by atoms with Crippen LogP contribution in [0.2, 0.25) is 0 Å². The van der Waals surface area contributed by atoms with E-state index in [1.807, 2.05) is 0 Å². The van der Waals surface area contributed by atoms with Crippen LogP contribution >= 0.6 is 0 Å². The van der Waals surface area contributed by atoms with E-state index >= 15 is 0 Å². The number of carbonyl (C=O) groups is 4. The Morgan fingerprint density at radius 3 is 2.14 bits per heavy atom. The lowest BCUT2D eigenvalue weighted by Crippen LogP contribution is -2.54. The summed E-state index contributed by atoms with van der Waals surface area (Å²) in [4.78, 5) is 47.3. The van der Waals surface area contributed by atoms with Crippen molar-refractivity contribution < 1.29 is 23.9 Å². The van der Waals surface area contributed by atoms with Gasteiger partial charge in [0.15, 0.2) is 0 Å². The Kier molecular flexibility index (Phi) is 9.60. The molecule has 0 bridgehead atoms. The van der Waals surface area contributed by atoms with Crippen molar-refractivity contribution in [3.8, 4) is 0 Å². The van der Waals surface area contributed by atoms with Crippen molar-refractivity contribution in [2.45, 2.75) is 39.5 Å². The second kappa shape index (κ2) is 11.6. The van der Waals surface area contributed by atoms with Gasteiger partial charge in [-0.1, -0.05) is 26.0 Å². The lowest BCUT2D eigenvalue weighted by Gasteiger charge is -2.23. The number of hydrogen-bond acceptors (Lipinski definition) is 6. The first-order chi connectivity index (χ1) is 13.7. The van der Waals surface area contributed by atoms with Crippen LogP contribution in [0.1, 0.15) is 26.3 Å². The number of nitrogens with one attached hydrogen (secondary N) is 4. The maximum absolute atomic E-state index is 12.4. The molecule has 10 heteroatoms. The number of rotatable bonds is 9. The lowest BCUT2D eigenvalue weighted by molar-refractivity contribution is -0.131. The molecule has 4 amide bonds. The number of amides is 4. The molecule has 160 valence electrons. The first kappa shape index (κ1) is 23.9. The normalized spacial score (nSPS) is 12.5. The fourth-order valence-corrected chi connectivity index (χ4v) is 2.29. The summed E-state index contributed by atoms with van der Waals surface area (Å²) in [6.45, 7) is 4.98. The van der Waals surface area contributed by atoms with Gasteiger partial charge in [0.2, 0.25) is 17.7 Å². The minimum atomic E-state index is -0.824. The molecule has 0 aromatic heterocycles. The van der Waals surface area contributed by atoms with Crippen LogP contribution in [0.4, 0.5) is 10.5 Å². The van der Waals surface area contributed by atoms with Gasteiger partial charge < -0.3 is 31.7 Å². The maximum Gasteiger partial charge on any atom is 0.407 e. The molecule has 0 aliphatic heterocycles. The van der Waals surface area contributed by atoms with E-state index in [2.05, 4.69) is 21.3 Å². The number of carbonyl (C=O) groups excluding carboxylic acids is 4. The summed E-state index contributed by atoms with van der Waals surface area (Å²) >= 11 is 0. The standard InChI is InChI=1S/C19H29N5O5/c1-11(2)16(24-15(25)9-20)18(27)22-12(3)17(26)23-14-7-5-13(6-8-14)10-29-19(28)21-4/h5-8,11-12,16H,9-10,20H2,1-4H3,(H,21,28)(H,22,27)(H,23,26)(H,24,25)/t12-,16-/m0/s1. The first-order valence-electron chi connectivity index (χ1n) is 9.22. The zero-order valence-electron chi connectivity index (χ0n) is 17.1. The Labute approximate surface area is 169 Å². The Hall–Kier alpha value is -3.14. The summed E-state index contributed by atoms with van der Waals surface area (Å²) in [6, 6.07) is 5.12. The molecule has 0 saturated carbocycles. The van der Waals surface area contributed by atoms with Crippen molar-refractivity contribution in [3.05, 3.63) is 29.8 Å². The molecule has 1 aromatic carbocycles. The van der Waals surface area contributed by atoms with Crippen molar-refractivity contribution in [1.29, 1.82) is 0 Å². The van der Waals surface area contributed by atoms with Crippen LogP contribution in [0, 0.1) is 5.92 Å². The molecule has 0 radical (unpaired) electrons. The Morgan fingerprint density at radius 2 is 1.62 bits per heavy atom. The van der Waals surface area contributed by atoms with Gasteiger partial charge >= 0.3 is 6.09 Å². The largest absolute Gasteiger partial charge is 0.445 e. The Balaban J connectivity index is 2.61. The zero-order valence-corrected chi connectivity index (χ0v) is 17.1. The van der Waals surface area contributed by atoms with Gasteiger partial charge in [0.1, 0.15) is 18.7 Å². The van der Waals surface area contributed by atoms with Gasteiger partial charge in [-0.15, -0.1) is 0 Å². The van der Waals surface area contributed by atoms with E-state index in [1.54, 1.807) is 45.0 Å². The predicted molar refractivity (Wildman–Crippen MR) is 108 cm³/mol. The monoisotopic (exact) mass is 407 g/mol. The quantitative estimate of drug-likeness (QED) is 0.391. The molecule has 10 nitrogen and oxygen atoms in total. The minimum absolute atomic E-state index is 0.103. The Bertz CT molecular complexity index is 720. The van der Waals surface area contributed by atoms with Gasteiger partial charge in [-0.05, 0) is 30.5 Å². The highest BCUT2D eigenvalue weighted by atomic mass is 16.5. The maximum atomic E-state index is 12.4. The molecule has 0 heterocycles. The van der Waals surface area contributed by atoms with Crippen molar-refractivity contribution in [1.82, 2.24) is 16.0 Å². The SMILES string of the molecule is CNC(=O)OCc1ccc(NC(=O)[C@H](C)NC(=O)[C@@H](NC(=O)CN)C(C)C)cc1. The first-order valence-corrected chi connectivity index (χ1v) is 9.22. The van der Waals surface area contributed by atoms with Crippen LogP contribution in [0.25, 0.3) is 0 Å². The summed E-state index contributed by atoms with van der Waals surface area (Å²) < 4.78 is 4.93.